The molecule has 0 unspecified atom stereocenters. The minimum absolute atomic E-state index is 0.660. The summed E-state index contributed by atoms with van der Waals surface area (Å²) in [5, 5.41) is 0.926. The second kappa shape index (κ2) is 5.88. The van der Waals surface area contributed by atoms with Crippen LogP contribution in [0.2, 0.25) is 0 Å². The molecule has 0 aromatic carbocycles. The summed E-state index contributed by atoms with van der Waals surface area (Å²) in [6.07, 6.45) is 3.43. The minimum Gasteiger partial charge on any atom is -0.468 e. The largest absolute Gasteiger partial charge is 0.468 e. The van der Waals surface area contributed by atoms with Gasteiger partial charge in [-0.1, -0.05) is 17.8 Å². The third kappa shape index (κ3) is 3.05. The van der Waals surface area contributed by atoms with Gasteiger partial charge in [0.05, 0.1) is 12.0 Å². The van der Waals surface area contributed by atoms with Crippen molar-refractivity contribution in [3.63, 3.8) is 0 Å². The van der Waals surface area contributed by atoms with E-state index in [1.807, 2.05) is 43.3 Å². The van der Waals surface area contributed by atoms with Gasteiger partial charge in [0.15, 0.2) is 5.82 Å². The average Bonchev–Trinajstić information content (AvgIpc) is 2.99. The van der Waals surface area contributed by atoms with Gasteiger partial charge in [0, 0.05) is 11.9 Å². The van der Waals surface area contributed by atoms with Crippen LogP contribution in [0.25, 0.3) is 11.5 Å². The summed E-state index contributed by atoms with van der Waals surface area (Å²) in [6, 6.07) is 11.5. The first kappa shape index (κ1) is 12.9. The predicted octanol–water partition coefficient (Wildman–Crippen LogP) is 3.73. The van der Waals surface area contributed by atoms with Crippen LogP contribution in [0.5, 0.6) is 0 Å². The van der Waals surface area contributed by atoms with E-state index in [4.69, 9.17) is 4.42 Å². The summed E-state index contributed by atoms with van der Waals surface area (Å²) in [5.74, 6) is 2.35. The van der Waals surface area contributed by atoms with E-state index in [9.17, 15) is 0 Å². The topological polar surface area (TPSA) is 51.8 Å². The smallest absolute Gasteiger partial charge is 0.179 e. The molecule has 4 nitrogen and oxygen atoms in total. The first-order valence-corrected chi connectivity index (χ1v) is 7.22. The molecule has 0 N–H and O–H groups in total. The highest BCUT2D eigenvalue weighted by Gasteiger charge is 2.07. The van der Waals surface area contributed by atoms with Crippen LogP contribution in [0.1, 0.15) is 11.5 Å². The SMILES string of the molecule is Cc1cc(SCc2ccco2)nc(-c2ccccn2)n1. The molecule has 0 saturated heterocycles. The first-order valence-electron chi connectivity index (χ1n) is 6.23. The zero-order chi connectivity index (χ0) is 13.8. The molecule has 0 atom stereocenters. The Morgan fingerprint density at radius 1 is 1.15 bits per heavy atom. The quantitative estimate of drug-likeness (QED) is 0.539. The summed E-state index contributed by atoms with van der Waals surface area (Å²) >= 11 is 1.63. The van der Waals surface area contributed by atoms with E-state index >= 15 is 0 Å². The molecule has 0 radical (unpaired) electrons. The van der Waals surface area contributed by atoms with Crippen molar-refractivity contribution in [1.29, 1.82) is 0 Å². The van der Waals surface area contributed by atoms with Crippen LogP contribution in [0.15, 0.2) is 58.3 Å². The molecule has 5 heteroatoms. The zero-order valence-electron chi connectivity index (χ0n) is 11.0. The Hall–Kier alpha value is -2.14. The summed E-state index contributed by atoms with van der Waals surface area (Å²) in [5.41, 5.74) is 1.72. The number of pyridine rings is 1. The lowest BCUT2D eigenvalue weighted by Gasteiger charge is -2.04. The van der Waals surface area contributed by atoms with Crippen molar-refractivity contribution in [2.75, 3.05) is 0 Å². The van der Waals surface area contributed by atoms with Gasteiger partial charge in [0.2, 0.25) is 0 Å². The minimum atomic E-state index is 0.660. The van der Waals surface area contributed by atoms with Crippen LogP contribution in [0, 0.1) is 6.92 Å². The van der Waals surface area contributed by atoms with Crippen molar-refractivity contribution in [3.05, 3.63) is 60.3 Å². The van der Waals surface area contributed by atoms with Crippen molar-refractivity contribution in [1.82, 2.24) is 15.0 Å². The van der Waals surface area contributed by atoms with E-state index in [1.165, 1.54) is 0 Å². The van der Waals surface area contributed by atoms with Crippen molar-refractivity contribution >= 4 is 11.8 Å². The van der Waals surface area contributed by atoms with Crippen LogP contribution in [0.4, 0.5) is 0 Å². The van der Waals surface area contributed by atoms with Crippen molar-refractivity contribution in [2.24, 2.45) is 0 Å². The molecule has 3 aromatic rings. The third-order valence-electron chi connectivity index (χ3n) is 2.67. The van der Waals surface area contributed by atoms with Gasteiger partial charge in [0.1, 0.15) is 16.5 Å². The Morgan fingerprint density at radius 3 is 2.85 bits per heavy atom. The van der Waals surface area contributed by atoms with Gasteiger partial charge in [-0.25, -0.2) is 9.97 Å². The van der Waals surface area contributed by atoms with Gasteiger partial charge in [-0.3, -0.25) is 4.98 Å². The molecule has 0 aliphatic carbocycles. The molecule has 0 aliphatic heterocycles. The fraction of sp³-hybridized carbons (Fsp3) is 0.133. The Bertz CT molecular complexity index is 684. The summed E-state index contributed by atoms with van der Waals surface area (Å²) < 4.78 is 5.32. The van der Waals surface area contributed by atoms with Gasteiger partial charge >= 0.3 is 0 Å². The van der Waals surface area contributed by atoms with Gasteiger partial charge in [-0.15, -0.1) is 0 Å². The van der Waals surface area contributed by atoms with Crippen LogP contribution in [-0.4, -0.2) is 15.0 Å². The molecule has 0 fully saturated rings. The second-order valence-corrected chi connectivity index (χ2v) is 5.25. The third-order valence-corrected chi connectivity index (χ3v) is 3.60. The number of rotatable bonds is 4. The molecule has 100 valence electrons. The molecule has 3 aromatic heterocycles. The maximum atomic E-state index is 5.32. The lowest BCUT2D eigenvalue weighted by molar-refractivity contribution is 0.530. The molecule has 3 rings (SSSR count). The highest BCUT2D eigenvalue weighted by Crippen LogP contribution is 2.23. The van der Waals surface area contributed by atoms with Crippen molar-refractivity contribution in [3.8, 4) is 11.5 Å². The fourth-order valence-electron chi connectivity index (χ4n) is 1.76. The average molecular weight is 283 g/mol. The number of furan rings is 1. The normalized spacial score (nSPS) is 10.7. The Morgan fingerprint density at radius 2 is 2.10 bits per heavy atom. The van der Waals surface area contributed by atoms with Crippen LogP contribution >= 0.6 is 11.8 Å². The lowest BCUT2D eigenvalue weighted by Crippen LogP contribution is -1.95. The first-order chi connectivity index (χ1) is 9.81. The zero-order valence-corrected chi connectivity index (χ0v) is 11.8. The van der Waals surface area contributed by atoms with Crippen LogP contribution < -0.4 is 0 Å². The fourth-order valence-corrected chi connectivity index (χ4v) is 2.62. The highest BCUT2D eigenvalue weighted by molar-refractivity contribution is 7.98. The Kier molecular flexibility index (Phi) is 3.78. The molecule has 0 spiro atoms. The van der Waals surface area contributed by atoms with Crippen LogP contribution in [-0.2, 0) is 5.75 Å². The number of aromatic nitrogens is 3. The van der Waals surface area contributed by atoms with Gasteiger partial charge in [-0.05, 0) is 37.3 Å². The number of thioether (sulfide) groups is 1. The number of hydrogen-bond donors (Lipinski definition) is 0. The molecule has 3 heterocycles. The Balaban J connectivity index is 1.83. The molecular formula is C15H13N3OS. The molecular weight excluding hydrogens is 270 g/mol. The summed E-state index contributed by atoms with van der Waals surface area (Å²) in [7, 11) is 0. The highest BCUT2D eigenvalue weighted by atomic mass is 32.2. The maximum Gasteiger partial charge on any atom is 0.179 e. The van der Waals surface area contributed by atoms with Gasteiger partial charge in [-0.2, -0.15) is 0 Å². The predicted molar refractivity (Wildman–Crippen MR) is 78.3 cm³/mol. The van der Waals surface area contributed by atoms with E-state index in [2.05, 4.69) is 15.0 Å². The molecule has 20 heavy (non-hydrogen) atoms. The van der Waals surface area contributed by atoms with Gasteiger partial charge < -0.3 is 4.42 Å². The number of hydrogen-bond acceptors (Lipinski definition) is 5. The maximum absolute atomic E-state index is 5.32. The lowest BCUT2D eigenvalue weighted by atomic mass is 10.3. The summed E-state index contributed by atoms with van der Waals surface area (Å²) in [6.45, 7) is 1.96. The van der Waals surface area contributed by atoms with Crippen molar-refractivity contribution in [2.45, 2.75) is 17.7 Å². The van der Waals surface area contributed by atoms with E-state index in [1.54, 1.807) is 24.2 Å². The van der Waals surface area contributed by atoms with E-state index in [0.717, 1.165) is 27.9 Å². The van der Waals surface area contributed by atoms with Crippen molar-refractivity contribution < 1.29 is 4.42 Å². The van der Waals surface area contributed by atoms with Gasteiger partial charge in [0.25, 0.3) is 0 Å². The van der Waals surface area contributed by atoms with E-state index < -0.39 is 0 Å². The Labute approximate surface area is 121 Å². The second-order valence-electron chi connectivity index (χ2n) is 4.25. The molecule has 0 aliphatic rings. The standard InChI is InChI=1S/C15H13N3OS/c1-11-9-14(20-10-12-5-4-8-19-12)18-15(17-11)13-6-2-3-7-16-13/h2-9H,10H2,1H3. The molecule has 0 amide bonds. The number of aryl methyl sites for hydroxylation is 1. The molecule has 0 bridgehead atoms. The molecule has 0 saturated carbocycles. The van der Waals surface area contributed by atoms with E-state index in [-0.39, 0.29) is 0 Å². The number of nitrogens with zero attached hydrogens (tertiary/aromatic N) is 3. The monoisotopic (exact) mass is 283 g/mol. The summed E-state index contributed by atoms with van der Waals surface area (Å²) in [4.78, 5) is 13.3. The van der Waals surface area contributed by atoms with Crippen LogP contribution in [0.3, 0.4) is 0 Å². The van der Waals surface area contributed by atoms with E-state index in [0.29, 0.717) is 5.82 Å².